The van der Waals surface area contributed by atoms with E-state index in [0.29, 0.717) is 0 Å². The normalized spacial score (nSPS) is 11.1. The SMILES string of the molecule is O=C(O)c1[nH]c(OC(F)(F)F)cc(=O)c1[N+](=O)[O-]. The first-order valence-corrected chi connectivity index (χ1v) is 4.02. The third-order valence-electron chi connectivity index (χ3n) is 1.60. The molecule has 0 saturated heterocycles. The molecule has 0 saturated carbocycles. The van der Waals surface area contributed by atoms with E-state index in [9.17, 15) is 32.9 Å². The predicted molar refractivity (Wildman–Crippen MR) is 47.4 cm³/mol. The van der Waals surface area contributed by atoms with Gasteiger partial charge >= 0.3 is 18.0 Å². The van der Waals surface area contributed by atoms with Crippen molar-refractivity contribution < 1.29 is 32.7 Å². The van der Waals surface area contributed by atoms with Gasteiger partial charge in [-0.3, -0.25) is 14.9 Å². The summed E-state index contributed by atoms with van der Waals surface area (Å²) in [5, 5.41) is 19.0. The summed E-state index contributed by atoms with van der Waals surface area (Å²) in [5.41, 5.74) is -4.20. The van der Waals surface area contributed by atoms with Crippen LogP contribution in [0.4, 0.5) is 18.9 Å². The van der Waals surface area contributed by atoms with Gasteiger partial charge in [-0.05, 0) is 0 Å². The summed E-state index contributed by atoms with van der Waals surface area (Å²) < 4.78 is 38.8. The number of rotatable bonds is 3. The molecule has 98 valence electrons. The number of hydrogen-bond acceptors (Lipinski definition) is 5. The second-order valence-corrected chi connectivity index (χ2v) is 2.83. The van der Waals surface area contributed by atoms with Crippen molar-refractivity contribution >= 4 is 11.7 Å². The summed E-state index contributed by atoms with van der Waals surface area (Å²) in [6.07, 6.45) is -5.17. The Morgan fingerprint density at radius 3 is 2.44 bits per heavy atom. The van der Waals surface area contributed by atoms with Crippen LogP contribution in [0.15, 0.2) is 10.9 Å². The van der Waals surface area contributed by atoms with Crippen LogP contribution in [0.1, 0.15) is 10.5 Å². The largest absolute Gasteiger partial charge is 0.574 e. The van der Waals surface area contributed by atoms with Gasteiger partial charge in [0.05, 0.1) is 11.0 Å². The van der Waals surface area contributed by atoms with Gasteiger partial charge < -0.3 is 14.8 Å². The quantitative estimate of drug-likeness (QED) is 0.619. The number of nitrogens with one attached hydrogen (secondary N) is 1. The van der Waals surface area contributed by atoms with Crippen molar-refractivity contribution in [1.82, 2.24) is 4.98 Å². The summed E-state index contributed by atoms with van der Waals surface area (Å²) in [4.78, 5) is 32.3. The van der Waals surface area contributed by atoms with E-state index in [-0.39, 0.29) is 6.07 Å². The Bertz CT molecular complexity index is 563. The van der Waals surface area contributed by atoms with E-state index >= 15 is 0 Å². The lowest BCUT2D eigenvalue weighted by Crippen LogP contribution is -2.22. The van der Waals surface area contributed by atoms with Crippen LogP contribution < -0.4 is 10.2 Å². The van der Waals surface area contributed by atoms with Gasteiger partial charge in [-0.25, -0.2) is 4.79 Å². The number of hydrogen-bond donors (Lipinski definition) is 2. The standard InChI is InChI=1S/C7H3F3N2O6/c8-7(9,10)18-3-1-2(13)5(12(16)17)4(11-3)6(14)15/h1H,(H,11,13)(H,14,15). The third-order valence-corrected chi connectivity index (χ3v) is 1.60. The van der Waals surface area contributed by atoms with Crippen molar-refractivity contribution in [3.8, 4) is 5.88 Å². The molecular weight excluding hydrogens is 265 g/mol. The molecule has 1 aromatic rings. The van der Waals surface area contributed by atoms with Crippen LogP contribution in [-0.4, -0.2) is 27.3 Å². The number of carboxylic acid groups (broad SMARTS) is 1. The first-order chi connectivity index (χ1) is 8.11. The average molecular weight is 268 g/mol. The molecule has 0 spiro atoms. The van der Waals surface area contributed by atoms with Crippen molar-refractivity contribution in [2.45, 2.75) is 6.36 Å². The molecule has 0 bridgehead atoms. The number of pyridine rings is 1. The fourth-order valence-corrected chi connectivity index (χ4v) is 1.04. The minimum Gasteiger partial charge on any atom is -0.476 e. The summed E-state index contributed by atoms with van der Waals surface area (Å²) >= 11 is 0. The first-order valence-electron chi connectivity index (χ1n) is 4.02. The zero-order valence-corrected chi connectivity index (χ0v) is 8.15. The van der Waals surface area contributed by atoms with Gasteiger partial charge in [0.25, 0.3) is 5.43 Å². The maximum atomic E-state index is 11.8. The molecule has 1 aromatic heterocycles. The van der Waals surface area contributed by atoms with Crippen molar-refractivity contribution in [2.75, 3.05) is 0 Å². The van der Waals surface area contributed by atoms with Gasteiger partial charge in [0.15, 0.2) is 0 Å². The molecule has 0 unspecified atom stereocenters. The molecule has 0 aromatic carbocycles. The van der Waals surface area contributed by atoms with E-state index in [1.807, 2.05) is 0 Å². The van der Waals surface area contributed by atoms with Crippen LogP contribution in [-0.2, 0) is 0 Å². The lowest BCUT2D eigenvalue weighted by molar-refractivity contribution is -0.386. The predicted octanol–water partition coefficient (Wildman–Crippen LogP) is 0.880. The number of ether oxygens (including phenoxy) is 1. The molecule has 0 amide bonds. The maximum absolute atomic E-state index is 11.8. The Morgan fingerprint density at radius 2 is 2.06 bits per heavy atom. The highest BCUT2D eigenvalue weighted by molar-refractivity contribution is 5.90. The number of alkyl halides is 3. The van der Waals surface area contributed by atoms with E-state index < -0.39 is 39.9 Å². The molecule has 2 N–H and O–H groups in total. The maximum Gasteiger partial charge on any atom is 0.574 e. The summed E-state index contributed by atoms with van der Waals surface area (Å²) in [6, 6.07) is 0.137. The average Bonchev–Trinajstić information content (AvgIpc) is 2.12. The molecular formula is C7H3F3N2O6. The van der Waals surface area contributed by atoms with E-state index in [1.165, 1.54) is 4.98 Å². The molecule has 0 aliphatic carbocycles. The highest BCUT2D eigenvalue weighted by Gasteiger charge is 2.34. The Balaban J connectivity index is 3.42. The highest BCUT2D eigenvalue weighted by Crippen LogP contribution is 2.22. The topological polar surface area (TPSA) is 123 Å². The highest BCUT2D eigenvalue weighted by atomic mass is 19.4. The molecule has 8 nitrogen and oxygen atoms in total. The number of aromatic amines is 1. The van der Waals surface area contributed by atoms with Crippen molar-refractivity contribution in [3.63, 3.8) is 0 Å². The zero-order valence-electron chi connectivity index (χ0n) is 8.15. The van der Waals surface area contributed by atoms with E-state index in [2.05, 4.69) is 4.74 Å². The van der Waals surface area contributed by atoms with Crippen molar-refractivity contribution in [3.05, 3.63) is 32.1 Å². The lowest BCUT2D eigenvalue weighted by atomic mass is 10.3. The Morgan fingerprint density at radius 1 is 1.50 bits per heavy atom. The molecule has 0 atom stereocenters. The van der Waals surface area contributed by atoms with Gasteiger partial charge in [0, 0.05) is 0 Å². The van der Waals surface area contributed by atoms with E-state index in [4.69, 9.17) is 5.11 Å². The number of halogens is 3. The van der Waals surface area contributed by atoms with Crippen LogP contribution in [0.3, 0.4) is 0 Å². The van der Waals surface area contributed by atoms with Gasteiger partial charge in [-0.15, -0.1) is 13.2 Å². The van der Waals surface area contributed by atoms with Crippen LogP contribution >= 0.6 is 0 Å². The minimum atomic E-state index is -5.17. The molecule has 11 heteroatoms. The summed E-state index contributed by atoms with van der Waals surface area (Å²) in [6.45, 7) is 0. The Hall–Kier alpha value is -2.59. The zero-order chi connectivity index (χ0) is 14.1. The monoisotopic (exact) mass is 268 g/mol. The Kier molecular flexibility index (Phi) is 3.26. The molecule has 18 heavy (non-hydrogen) atoms. The number of nitro groups is 1. The fraction of sp³-hybridized carbons (Fsp3) is 0.143. The molecule has 0 fully saturated rings. The van der Waals surface area contributed by atoms with Gasteiger partial charge in [-0.1, -0.05) is 0 Å². The van der Waals surface area contributed by atoms with Gasteiger partial charge in [0.2, 0.25) is 11.6 Å². The van der Waals surface area contributed by atoms with Crippen LogP contribution in [0, 0.1) is 10.1 Å². The molecule has 0 aliphatic heterocycles. The number of aromatic carboxylic acids is 1. The van der Waals surface area contributed by atoms with Crippen molar-refractivity contribution in [1.29, 1.82) is 0 Å². The number of aromatic nitrogens is 1. The smallest absolute Gasteiger partial charge is 0.476 e. The van der Waals surface area contributed by atoms with Crippen LogP contribution in [0.2, 0.25) is 0 Å². The number of carboxylic acids is 1. The van der Waals surface area contributed by atoms with Gasteiger partial charge in [-0.2, -0.15) is 0 Å². The van der Waals surface area contributed by atoms with Gasteiger partial charge in [0.1, 0.15) is 0 Å². The summed E-state index contributed by atoms with van der Waals surface area (Å²) in [5.74, 6) is -3.22. The second kappa shape index (κ2) is 4.35. The van der Waals surface area contributed by atoms with Crippen LogP contribution in [0.5, 0.6) is 5.88 Å². The number of nitrogens with zero attached hydrogens (tertiary/aromatic N) is 1. The molecule has 0 aliphatic rings. The van der Waals surface area contributed by atoms with E-state index in [1.54, 1.807) is 0 Å². The first kappa shape index (κ1) is 13.5. The van der Waals surface area contributed by atoms with E-state index in [0.717, 1.165) is 0 Å². The molecule has 1 rings (SSSR count). The van der Waals surface area contributed by atoms with Crippen molar-refractivity contribution in [2.24, 2.45) is 0 Å². The van der Waals surface area contributed by atoms with Crippen LogP contribution in [0.25, 0.3) is 0 Å². The second-order valence-electron chi connectivity index (χ2n) is 2.83. The minimum absolute atomic E-state index is 0.137. The summed E-state index contributed by atoms with van der Waals surface area (Å²) in [7, 11) is 0. The molecule has 1 heterocycles. The number of carbonyl (C=O) groups is 1. The lowest BCUT2D eigenvalue weighted by Gasteiger charge is -2.08. The third kappa shape index (κ3) is 2.96. The molecule has 0 radical (unpaired) electrons. The fourth-order valence-electron chi connectivity index (χ4n) is 1.04. The Labute approximate surface area is 94.8 Å². The number of H-pyrrole nitrogens is 1.